The number of carbonyl (C=O) groups is 1. The van der Waals surface area contributed by atoms with Crippen molar-refractivity contribution < 1.29 is 9.53 Å². The SMILES string of the molecule is CC(Cn1ccnc1)NC(=O)NCC1CCCO1. The van der Waals surface area contributed by atoms with E-state index in [1.807, 2.05) is 17.7 Å². The first-order valence-corrected chi connectivity index (χ1v) is 6.36. The molecular formula is C12H20N4O2. The number of imidazole rings is 1. The molecule has 0 aromatic carbocycles. The minimum absolute atomic E-state index is 0.0590. The average molecular weight is 252 g/mol. The Kier molecular flexibility index (Phi) is 4.58. The van der Waals surface area contributed by atoms with E-state index >= 15 is 0 Å². The minimum Gasteiger partial charge on any atom is -0.376 e. The van der Waals surface area contributed by atoms with E-state index in [-0.39, 0.29) is 18.2 Å². The van der Waals surface area contributed by atoms with Crippen LogP contribution < -0.4 is 10.6 Å². The molecule has 2 unspecified atom stereocenters. The van der Waals surface area contributed by atoms with Gasteiger partial charge in [0.15, 0.2) is 0 Å². The van der Waals surface area contributed by atoms with Crippen LogP contribution in [0.3, 0.4) is 0 Å². The molecule has 2 heterocycles. The van der Waals surface area contributed by atoms with Crippen molar-refractivity contribution in [3.8, 4) is 0 Å². The number of aromatic nitrogens is 2. The molecule has 0 radical (unpaired) electrons. The number of amides is 2. The maximum atomic E-state index is 11.6. The van der Waals surface area contributed by atoms with Gasteiger partial charge in [-0.15, -0.1) is 0 Å². The van der Waals surface area contributed by atoms with Crippen LogP contribution in [0.25, 0.3) is 0 Å². The number of nitrogens with zero attached hydrogens (tertiary/aromatic N) is 2. The monoisotopic (exact) mass is 252 g/mol. The summed E-state index contributed by atoms with van der Waals surface area (Å²) in [5.41, 5.74) is 0. The summed E-state index contributed by atoms with van der Waals surface area (Å²) < 4.78 is 7.37. The third-order valence-corrected chi connectivity index (χ3v) is 2.94. The fourth-order valence-corrected chi connectivity index (χ4v) is 2.04. The zero-order valence-electron chi connectivity index (χ0n) is 10.6. The lowest BCUT2D eigenvalue weighted by Gasteiger charge is -2.16. The summed E-state index contributed by atoms with van der Waals surface area (Å²) in [6.07, 6.45) is 7.64. The molecule has 2 rings (SSSR count). The van der Waals surface area contributed by atoms with Crippen molar-refractivity contribution in [2.75, 3.05) is 13.2 Å². The maximum absolute atomic E-state index is 11.6. The molecule has 1 aliphatic rings. The topological polar surface area (TPSA) is 68.2 Å². The van der Waals surface area contributed by atoms with Crippen molar-refractivity contribution in [2.45, 2.75) is 38.5 Å². The van der Waals surface area contributed by atoms with E-state index in [2.05, 4.69) is 15.6 Å². The number of rotatable bonds is 5. The maximum Gasteiger partial charge on any atom is 0.315 e. The molecule has 1 aromatic rings. The van der Waals surface area contributed by atoms with Crippen molar-refractivity contribution in [3.05, 3.63) is 18.7 Å². The van der Waals surface area contributed by atoms with Crippen molar-refractivity contribution in [3.63, 3.8) is 0 Å². The van der Waals surface area contributed by atoms with Gasteiger partial charge in [-0.25, -0.2) is 9.78 Å². The van der Waals surface area contributed by atoms with Crippen molar-refractivity contribution >= 4 is 6.03 Å². The van der Waals surface area contributed by atoms with Gasteiger partial charge in [0.1, 0.15) is 0 Å². The molecule has 0 saturated carbocycles. The van der Waals surface area contributed by atoms with E-state index in [0.717, 1.165) is 19.4 Å². The van der Waals surface area contributed by atoms with E-state index in [1.165, 1.54) is 0 Å². The highest BCUT2D eigenvalue weighted by Crippen LogP contribution is 2.10. The lowest BCUT2D eigenvalue weighted by atomic mass is 10.2. The summed E-state index contributed by atoms with van der Waals surface area (Å²) in [5, 5.41) is 5.72. The van der Waals surface area contributed by atoms with Gasteiger partial charge < -0.3 is 19.9 Å². The Labute approximate surface area is 107 Å². The van der Waals surface area contributed by atoms with Crippen LogP contribution in [0, 0.1) is 0 Å². The van der Waals surface area contributed by atoms with Crippen LogP contribution in [0.1, 0.15) is 19.8 Å². The molecular weight excluding hydrogens is 232 g/mol. The minimum atomic E-state index is -0.141. The van der Waals surface area contributed by atoms with E-state index in [0.29, 0.717) is 13.1 Å². The first kappa shape index (κ1) is 12.9. The first-order chi connectivity index (χ1) is 8.74. The second-order valence-corrected chi connectivity index (χ2v) is 4.65. The Morgan fingerprint density at radius 1 is 1.67 bits per heavy atom. The van der Waals surface area contributed by atoms with Gasteiger partial charge in [-0.1, -0.05) is 0 Å². The molecule has 18 heavy (non-hydrogen) atoms. The van der Waals surface area contributed by atoms with E-state index in [1.54, 1.807) is 12.5 Å². The predicted molar refractivity (Wildman–Crippen MR) is 67.2 cm³/mol. The van der Waals surface area contributed by atoms with Crippen LogP contribution in [-0.4, -0.2) is 40.9 Å². The molecule has 1 fully saturated rings. The lowest BCUT2D eigenvalue weighted by molar-refractivity contribution is 0.111. The van der Waals surface area contributed by atoms with Gasteiger partial charge in [-0.05, 0) is 19.8 Å². The fraction of sp³-hybridized carbons (Fsp3) is 0.667. The van der Waals surface area contributed by atoms with E-state index in [4.69, 9.17) is 4.74 Å². The summed E-state index contributed by atoms with van der Waals surface area (Å²) >= 11 is 0. The van der Waals surface area contributed by atoms with Crippen LogP contribution >= 0.6 is 0 Å². The standard InChI is InChI=1S/C12H20N4O2/c1-10(8-16-5-4-13-9-16)15-12(17)14-7-11-3-2-6-18-11/h4-5,9-11H,2-3,6-8H2,1H3,(H2,14,15,17). The summed E-state index contributed by atoms with van der Waals surface area (Å²) in [6.45, 7) is 4.08. The predicted octanol–water partition coefficient (Wildman–Crippen LogP) is 0.750. The fourth-order valence-electron chi connectivity index (χ4n) is 2.04. The summed E-state index contributed by atoms with van der Waals surface area (Å²) in [7, 11) is 0. The molecule has 2 amide bonds. The molecule has 6 nitrogen and oxygen atoms in total. The highest BCUT2D eigenvalue weighted by atomic mass is 16.5. The largest absolute Gasteiger partial charge is 0.376 e. The molecule has 0 aliphatic carbocycles. The Balaban J connectivity index is 1.63. The second-order valence-electron chi connectivity index (χ2n) is 4.65. The third-order valence-electron chi connectivity index (χ3n) is 2.94. The number of nitrogens with one attached hydrogen (secondary N) is 2. The van der Waals surface area contributed by atoms with Crippen LogP contribution in [0.4, 0.5) is 4.79 Å². The molecule has 2 N–H and O–H groups in total. The lowest BCUT2D eigenvalue weighted by Crippen LogP contribution is -2.44. The Hall–Kier alpha value is -1.56. The highest BCUT2D eigenvalue weighted by Gasteiger charge is 2.16. The van der Waals surface area contributed by atoms with Gasteiger partial charge in [-0.3, -0.25) is 0 Å². The molecule has 0 spiro atoms. The number of hydrogen-bond donors (Lipinski definition) is 2. The summed E-state index contributed by atoms with van der Waals surface area (Å²) in [5.74, 6) is 0. The van der Waals surface area contributed by atoms with Gasteiger partial charge in [0.2, 0.25) is 0 Å². The molecule has 2 atom stereocenters. The zero-order chi connectivity index (χ0) is 12.8. The van der Waals surface area contributed by atoms with Gasteiger partial charge >= 0.3 is 6.03 Å². The molecule has 1 aliphatic heterocycles. The summed E-state index contributed by atoms with van der Waals surface area (Å²) in [6, 6.07) is -0.0817. The van der Waals surface area contributed by atoms with Crippen LogP contribution in [0.5, 0.6) is 0 Å². The first-order valence-electron chi connectivity index (χ1n) is 6.36. The van der Waals surface area contributed by atoms with E-state index in [9.17, 15) is 4.79 Å². The number of ether oxygens (including phenoxy) is 1. The van der Waals surface area contributed by atoms with Crippen molar-refractivity contribution in [1.29, 1.82) is 0 Å². The van der Waals surface area contributed by atoms with Crippen LogP contribution in [0.15, 0.2) is 18.7 Å². The average Bonchev–Trinajstić information content (AvgIpc) is 2.98. The van der Waals surface area contributed by atoms with Gasteiger partial charge in [-0.2, -0.15) is 0 Å². The van der Waals surface area contributed by atoms with E-state index < -0.39 is 0 Å². The quantitative estimate of drug-likeness (QED) is 0.812. The molecule has 1 saturated heterocycles. The normalized spacial score (nSPS) is 20.6. The van der Waals surface area contributed by atoms with Crippen molar-refractivity contribution in [2.24, 2.45) is 0 Å². The smallest absolute Gasteiger partial charge is 0.315 e. The highest BCUT2D eigenvalue weighted by molar-refractivity contribution is 5.74. The van der Waals surface area contributed by atoms with Crippen LogP contribution in [-0.2, 0) is 11.3 Å². The van der Waals surface area contributed by atoms with Gasteiger partial charge in [0.05, 0.1) is 12.4 Å². The second kappa shape index (κ2) is 6.39. The Morgan fingerprint density at radius 2 is 2.56 bits per heavy atom. The Bertz CT molecular complexity index is 360. The molecule has 100 valence electrons. The third kappa shape index (κ3) is 4.03. The molecule has 6 heteroatoms. The number of urea groups is 1. The number of carbonyl (C=O) groups excluding carboxylic acids is 1. The Morgan fingerprint density at radius 3 is 3.22 bits per heavy atom. The zero-order valence-corrected chi connectivity index (χ0v) is 10.6. The molecule has 0 bridgehead atoms. The number of hydrogen-bond acceptors (Lipinski definition) is 3. The van der Waals surface area contributed by atoms with Gasteiger partial charge in [0.25, 0.3) is 0 Å². The summed E-state index contributed by atoms with van der Waals surface area (Å²) in [4.78, 5) is 15.6. The van der Waals surface area contributed by atoms with Gasteiger partial charge in [0, 0.05) is 38.1 Å². The van der Waals surface area contributed by atoms with Crippen LogP contribution in [0.2, 0.25) is 0 Å². The van der Waals surface area contributed by atoms with Crippen molar-refractivity contribution in [1.82, 2.24) is 20.2 Å². The molecule has 1 aromatic heterocycles.